The first-order valence-electron chi connectivity index (χ1n) is 13.5. The lowest BCUT2D eigenvalue weighted by atomic mass is 9.84. The van der Waals surface area contributed by atoms with E-state index in [0.29, 0.717) is 17.7 Å². The van der Waals surface area contributed by atoms with Crippen LogP contribution in [0.4, 0.5) is 10.1 Å². The number of Topliss-reactive ketones (excluding diaryl/α,β-unsaturated/α-hetero) is 1. The summed E-state index contributed by atoms with van der Waals surface area (Å²) in [5.74, 6) is -1.03. The van der Waals surface area contributed by atoms with E-state index in [1.165, 1.54) is 14.2 Å². The summed E-state index contributed by atoms with van der Waals surface area (Å²) in [4.78, 5) is 28.2. The van der Waals surface area contributed by atoms with Gasteiger partial charge in [-0.25, -0.2) is 9.18 Å². The van der Waals surface area contributed by atoms with Crippen LogP contribution < -0.4 is 19.1 Å². The van der Waals surface area contributed by atoms with Crippen molar-refractivity contribution in [2.45, 2.75) is 58.4 Å². The second-order valence-electron chi connectivity index (χ2n) is 11.3. The molecule has 1 saturated heterocycles. The summed E-state index contributed by atoms with van der Waals surface area (Å²) in [6, 6.07) is 5.66. The fraction of sp³-hybridized carbons (Fsp3) is 0.500. The number of ketones is 1. The number of methoxy groups -OCH3 is 2. The van der Waals surface area contributed by atoms with Crippen LogP contribution in [0.5, 0.6) is 17.2 Å². The number of halogens is 1. The predicted octanol–water partition coefficient (Wildman–Crippen LogP) is 4.55. The molecule has 0 unspecified atom stereocenters. The van der Waals surface area contributed by atoms with Crippen LogP contribution >= 0.6 is 0 Å². The SMILES string of the molecule is COc1cc2c(c(F)c1OC)C(=N)N(CC(=O)CCc1cc(N3CCCC3)c(OCC(=O)O)c(C(C)(C)C)c1)C2. The minimum Gasteiger partial charge on any atom is -0.493 e. The maximum Gasteiger partial charge on any atom is 0.341 e. The van der Waals surface area contributed by atoms with Gasteiger partial charge in [-0.2, -0.15) is 0 Å². The van der Waals surface area contributed by atoms with Crippen molar-refractivity contribution in [2.75, 3.05) is 45.4 Å². The second kappa shape index (κ2) is 11.7. The van der Waals surface area contributed by atoms with Crippen LogP contribution in [0.15, 0.2) is 18.2 Å². The largest absolute Gasteiger partial charge is 0.493 e. The number of carbonyl (C=O) groups is 2. The van der Waals surface area contributed by atoms with E-state index >= 15 is 4.39 Å². The molecule has 0 aromatic heterocycles. The van der Waals surface area contributed by atoms with Gasteiger partial charge in [0.05, 0.1) is 32.0 Å². The number of aryl methyl sites for hydroxylation is 1. The third-order valence-corrected chi connectivity index (χ3v) is 7.39. The number of hydrogen-bond donors (Lipinski definition) is 2. The molecule has 2 N–H and O–H groups in total. The highest BCUT2D eigenvalue weighted by molar-refractivity contribution is 6.03. The number of amidine groups is 1. The van der Waals surface area contributed by atoms with Crippen LogP contribution in [0.2, 0.25) is 0 Å². The molecule has 1 fully saturated rings. The minimum absolute atomic E-state index is 0.0114. The number of carbonyl (C=O) groups excluding carboxylic acids is 1. The first-order chi connectivity index (χ1) is 18.9. The molecule has 40 heavy (non-hydrogen) atoms. The standard InChI is InChI=1S/C30H38FN3O6/c1-30(2,3)21-12-18(13-22(33-10-6-7-11-33)27(21)40-17-24(36)37)8-9-20(35)16-34-15-19-14-23(38-4)28(39-5)26(31)25(19)29(34)32/h12-14,32H,6-11,15-17H2,1-5H3,(H,36,37). The van der Waals surface area contributed by atoms with Gasteiger partial charge in [-0.15, -0.1) is 0 Å². The van der Waals surface area contributed by atoms with Gasteiger partial charge in [0.1, 0.15) is 11.6 Å². The lowest BCUT2D eigenvalue weighted by Gasteiger charge is -2.29. The van der Waals surface area contributed by atoms with Gasteiger partial charge < -0.3 is 29.1 Å². The van der Waals surface area contributed by atoms with Gasteiger partial charge in [-0.3, -0.25) is 10.2 Å². The van der Waals surface area contributed by atoms with E-state index in [1.807, 2.05) is 12.1 Å². The van der Waals surface area contributed by atoms with Crippen LogP contribution in [-0.2, 0) is 28.0 Å². The Balaban J connectivity index is 1.52. The molecule has 4 rings (SSSR count). The van der Waals surface area contributed by atoms with Gasteiger partial charge in [0, 0.05) is 31.6 Å². The number of nitrogens with one attached hydrogen (secondary N) is 1. The molecule has 2 aliphatic rings. The molecule has 0 spiro atoms. The quantitative estimate of drug-likeness (QED) is 0.416. The Morgan fingerprint density at radius 2 is 1.77 bits per heavy atom. The Kier molecular flexibility index (Phi) is 8.56. The zero-order valence-electron chi connectivity index (χ0n) is 23.9. The lowest BCUT2D eigenvalue weighted by Crippen LogP contribution is -2.30. The first kappa shape index (κ1) is 29.2. The van der Waals surface area contributed by atoms with E-state index in [-0.39, 0.29) is 53.6 Å². The summed E-state index contributed by atoms with van der Waals surface area (Å²) >= 11 is 0. The molecule has 0 atom stereocenters. The minimum atomic E-state index is -1.03. The number of carboxylic acids is 1. The molecule has 2 heterocycles. The highest BCUT2D eigenvalue weighted by Crippen LogP contribution is 2.42. The number of nitrogens with zero attached hydrogens (tertiary/aromatic N) is 2. The Morgan fingerprint density at radius 1 is 1.07 bits per heavy atom. The zero-order chi connectivity index (χ0) is 29.2. The molecule has 0 bridgehead atoms. The zero-order valence-corrected chi connectivity index (χ0v) is 23.9. The molecule has 216 valence electrons. The van der Waals surface area contributed by atoms with E-state index < -0.39 is 18.4 Å². The third-order valence-electron chi connectivity index (χ3n) is 7.39. The summed E-state index contributed by atoms with van der Waals surface area (Å²) in [7, 11) is 2.77. The summed E-state index contributed by atoms with van der Waals surface area (Å²) in [5.41, 5.74) is 3.12. The monoisotopic (exact) mass is 555 g/mol. The van der Waals surface area contributed by atoms with Gasteiger partial charge in [0.25, 0.3) is 0 Å². The number of aliphatic carboxylic acids is 1. The normalized spacial score (nSPS) is 14.9. The highest BCUT2D eigenvalue weighted by Gasteiger charge is 2.33. The van der Waals surface area contributed by atoms with E-state index in [0.717, 1.165) is 42.7 Å². The summed E-state index contributed by atoms with van der Waals surface area (Å²) < 4.78 is 31.3. The molecule has 2 aliphatic heterocycles. The van der Waals surface area contributed by atoms with E-state index in [4.69, 9.17) is 19.6 Å². The van der Waals surface area contributed by atoms with Crippen molar-refractivity contribution in [3.8, 4) is 17.2 Å². The van der Waals surface area contributed by atoms with Gasteiger partial charge in [0.2, 0.25) is 0 Å². The molecule has 0 amide bonds. The fourth-order valence-electron chi connectivity index (χ4n) is 5.39. The number of anilines is 1. The van der Waals surface area contributed by atoms with E-state index in [9.17, 15) is 14.7 Å². The van der Waals surface area contributed by atoms with Crippen molar-refractivity contribution in [1.29, 1.82) is 5.41 Å². The average Bonchev–Trinajstić information content (AvgIpc) is 3.54. The second-order valence-corrected chi connectivity index (χ2v) is 11.3. The highest BCUT2D eigenvalue weighted by atomic mass is 19.1. The van der Waals surface area contributed by atoms with Gasteiger partial charge in [0.15, 0.2) is 29.7 Å². The Bertz CT molecular complexity index is 1310. The lowest BCUT2D eigenvalue weighted by molar-refractivity contribution is -0.139. The molecule has 2 aromatic carbocycles. The molecule has 0 aliphatic carbocycles. The number of rotatable bonds is 11. The topological polar surface area (TPSA) is 112 Å². The van der Waals surface area contributed by atoms with Gasteiger partial charge >= 0.3 is 5.97 Å². The number of benzene rings is 2. The van der Waals surface area contributed by atoms with Crippen LogP contribution in [0.3, 0.4) is 0 Å². The fourth-order valence-corrected chi connectivity index (χ4v) is 5.39. The van der Waals surface area contributed by atoms with Crippen molar-refractivity contribution < 1.29 is 33.3 Å². The molecule has 0 radical (unpaired) electrons. The van der Waals surface area contributed by atoms with Gasteiger partial charge in [-0.1, -0.05) is 26.8 Å². The van der Waals surface area contributed by atoms with Crippen LogP contribution in [0, 0.1) is 11.2 Å². The summed E-state index contributed by atoms with van der Waals surface area (Å²) in [6.07, 6.45) is 2.82. The summed E-state index contributed by atoms with van der Waals surface area (Å²) in [5, 5.41) is 17.8. The molecule has 9 nitrogen and oxygen atoms in total. The van der Waals surface area contributed by atoms with Crippen molar-refractivity contribution in [1.82, 2.24) is 4.90 Å². The number of carboxylic acid groups (broad SMARTS) is 1. The number of fused-ring (bicyclic) bond motifs is 1. The van der Waals surface area contributed by atoms with E-state index in [2.05, 4.69) is 25.7 Å². The summed E-state index contributed by atoms with van der Waals surface area (Å²) in [6.45, 7) is 7.68. The molecular formula is C30H38FN3O6. The Morgan fingerprint density at radius 3 is 2.38 bits per heavy atom. The van der Waals surface area contributed by atoms with Crippen LogP contribution in [-0.4, -0.2) is 68.1 Å². The molecule has 10 heteroatoms. The predicted molar refractivity (Wildman–Crippen MR) is 150 cm³/mol. The number of hydrogen-bond acceptors (Lipinski definition) is 7. The van der Waals surface area contributed by atoms with Crippen LogP contribution in [0.1, 0.15) is 62.3 Å². The van der Waals surface area contributed by atoms with Crippen LogP contribution in [0.25, 0.3) is 0 Å². The van der Waals surface area contributed by atoms with Crippen molar-refractivity contribution in [2.24, 2.45) is 0 Å². The van der Waals surface area contributed by atoms with Crippen molar-refractivity contribution in [3.05, 3.63) is 46.3 Å². The van der Waals surface area contributed by atoms with Crippen molar-refractivity contribution in [3.63, 3.8) is 0 Å². The third kappa shape index (κ3) is 6.00. The van der Waals surface area contributed by atoms with Gasteiger partial charge in [-0.05, 0) is 47.9 Å². The Hall–Kier alpha value is -3.82. The average molecular weight is 556 g/mol. The first-order valence-corrected chi connectivity index (χ1v) is 13.5. The molecule has 0 saturated carbocycles. The number of ether oxygens (including phenoxy) is 3. The molecule has 2 aromatic rings. The smallest absolute Gasteiger partial charge is 0.341 e. The van der Waals surface area contributed by atoms with E-state index in [1.54, 1.807) is 11.0 Å². The Labute approximate surface area is 234 Å². The maximum absolute atomic E-state index is 15.1. The maximum atomic E-state index is 15.1. The van der Waals surface area contributed by atoms with Crippen molar-refractivity contribution >= 4 is 23.3 Å². The molecular weight excluding hydrogens is 517 g/mol.